The minimum Gasteiger partial charge on any atom is -0.467 e. The Kier molecular flexibility index (Phi) is 8.66. The third kappa shape index (κ3) is 6.33. The van der Waals surface area contributed by atoms with Gasteiger partial charge in [0.15, 0.2) is 0 Å². The van der Waals surface area contributed by atoms with E-state index in [-0.39, 0.29) is 12.0 Å². The predicted molar refractivity (Wildman–Crippen MR) is 150 cm³/mol. The van der Waals surface area contributed by atoms with Gasteiger partial charge in [-0.05, 0) is 41.3 Å². The van der Waals surface area contributed by atoms with Crippen LogP contribution in [0.2, 0.25) is 10.0 Å². The second kappa shape index (κ2) is 12.1. The average molecular weight is 549 g/mol. The number of aryl methyl sites for hydroxylation is 1. The lowest BCUT2D eigenvalue weighted by Gasteiger charge is -2.18. The summed E-state index contributed by atoms with van der Waals surface area (Å²) >= 11 is 12.6. The van der Waals surface area contributed by atoms with Crippen molar-refractivity contribution in [3.63, 3.8) is 0 Å². The Balaban J connectivity index is 1.55. The first-order valence-electron chi connectivity index (χ1n) is 11.9. The van der Waals surface area contributed by atoms with Crippen LogP contribution < -0.4 is 10.9 Å². The highest BCUT2D eigenvalue weighted by Gasteiger charge is 2.24. The van der Waals surface area contributed by atoms with Crippen LogP contribution in [0.15, 0.2) is 89.9 Å². The van der Waals surface area contributed by atoms with E-state index in [4.69, 9.17) is 27.9 Å². The van der Waals surface area contributed by atoms with Crippen LogP contribution in [0.3, 0.4) is 0 Å². The molecule has 0 fully saturated rings. The molecule has 1 atom stereocenters. The van der Waals surface area contributed by atoms with Crippen molar-refractivity contribution in [3.05, 3.63) is 128 Å². The quantitative estimate of drug-likeness (QED) is 0.287. The number of pyridine rings is 1. The van der Waals surface area contributed by atoms with E-state index in [2.05, 4.69) is 5.32 Å². The Morgan fingerprint density at radius 3 is 2.32 bits per heavy atom. The molecule has 38 heavy (non-hydrogen) atoms. The molecule has 6 nitrogen and oxygen atoms in total. The largest absolute Gasteiger partial charge is 0.467 e. The predicted octanol–water partition coefficient (Wildman–Crippen LogP) is 5.69. The fourth-order valence-electron chi connectivity index (χ4n) is 4.25. The highest BCUT2D eigenvalue weighted by atomic mass is 35.5. The van der Waals surface area contributed by atoms with Gasteiger partial charge in [-0.1, -0.05) is 89.9 Å². The molecule has 3 aromatic carbocycles. The Hall–Kier alpha value is -3.87. The topological polar surface area (TPSA) is 77.4 Å². The monoisotopic (exact) mass is 548 g/mol. The smallest absolute Gasteiger partial charge is 0.328 e. The summed E-state index contributed by atoms with van der Waals surface area (Å²) in [5.74, 6) is -1.04. The Morgan fingerprint density at radius 2 is 1.66 bits per heavy atom. The van der Waals surface area contributed by atoms with Crippen molar-refractivity contribution in [2.24, 2.45) is 0 Å². The number of methoxy groups -OCH3 is 1. The molecule has 0 unspecified atom stereocenters. The number of hydrogen-bond acceptors (Lipinski definition) is 4. The Morgan fingerprint density at radius 1 is 0.947 bits per heavy atom. The van der Waals surface area contributed by atoms with Gasteiger partial charge in [-0.15, -0.1) is 0 Å². The number of carbonyl (C=O) groups is 2. The Bertz CT molecular complexity index is 1500. The minimum atomic E-state index is -0.928. The number of nitrogens with zero attached hydrogens (tertiary/aromatic N) is 1. The molecule has 0 saturated carbocycles. The fraction of sp³-hybridized carbons (Fsp3) is 0.167. The lowest BCUT2D eigenvalue weighted by molar-refractivity contribution is -0.142. The molecule has 1 N–H and O–H groups in total. The van der Waals surface area contributed by atoms with Crippen LogP contribution in [0, 0.1) is 6.92 Å². The van der Waals surface area contributed by atoms with E-state index in [1.54, 1.807) is 66.2 Å². The van der Waals surface area contributed by atoms with E-state index in [0.717, 1.165) is 11.1 Å². The van der Waals surface area contributed by atoms with Crippen LogP contribution in [0.1, 0.15) is 27.0 Å². The van der Waals surface area contributed by atoms with Gasteiger partial charge in [0.05, 0.1) is 29.3 Å². The number of amides is 1. The molecule has 1 heterocycles. The van der Waals surface area contributed by atoms with E-state index in [1.165, 1.54) is 7.11 Å². The minimum absolute atomic E-state index is 0.166. The molecule has 0 aliphatic heterocycles. The van der Waals surface area contributed by atoms with Crippen LogP contribution in [0.5, 0.6) is 0 Å². The molecule has 0 aliphatic carbocycles. The molecule has 4 rings (SSSR count). The normalized spacial score (nSPS) is 11.6. The number of halogens is 2. The number of esters is 1. The molecular formula is C30H26Cl2N2O4. The van der Waals surface area contributed by atoms with Gasteiger partial charge in [0, 0.05) is 18.2 Å². The van der Waals surface area contributed by atoms with Crippen molar-refractivity contribution in [1.29, 1.82) is 0 Å². The van der Waals surface area contributed by atoms with Gasteiger partial charge in [0.1, 0.15) is 6.04 Å². The zero-order chi connectivity index (χ0) is 27.2. The van der Waals surface area contributed by atoms with Gasteiger partial charge in [-0.3, -0.25) is 9.59 Å². The highest BCUT2D eigenvalue weighted by molar-refractivity contribution is 6.34. The summed E-state index contributed by atoms with van der Waals surface area (Å²) in [6.45, 7) is 2.17. The lowest BCUT2D eigenvalue weighted by Crippen LogP contribution is -2.43. The van der Waals surface area contributed by atoms with E-state index < -0.39 is 17.9 Å². The fourth-order valence-corrected chi connectivity index (χ4v) is 4.78. The summed E-state index contributed by atoms with van der Waals surface area (Å²) in [7, 11) is 1.27. The molecule has 0 aliphatic rings. The summed E-state index contributed by atoms with van der Waals surface area (Å²) in [4.78, 5) is 38.6. The maximum absolute atomic E-state index is 13.2. The van der Waals surface area contributed by atoms with Gasteiger partial charge < -0.3 is 14.6 Å². The van der Waals surface area contributed by atoms with E-state index >= 15 is 0 Å². The number of rotatable bonds is 8. The molecule has 4 aromatic rings. The van der Waals surface area contributed by atoms with Gasteiger partial charge in [0.25, 0.3) is 11.5 Å². The number of nitrogens with one attached hydrogen (secondary N) is 1. The molecule has 194 valence electrons. The first-order chi connectivity index (χ1) is 18.3. The molecular weight excluding hydrogens is 523 g/mol. The zero-order valence-corrected chi connectivity index (χ0v) is 22.4. The van der Waals surface area contributed by atoms with Gasteiger partial charge >= 0.3 is 5.97 Å². The van der Waals surface area contributed by atoms with Crippen LogP contribution in [0.4, 0.5) is 0 Å². The summed E-state index contributed by atoms with van der Waals surface area (Å²) in [5, 5.41) is 3.49. The second-order valence-electron chi connectivity index (χ2n) is 8.87. The first kappa shape index (κ1) is 27.2. The highest BCUT2D eigenvalue weighted by Crippen LogP contribution is 2.22. The van der Waals surface area contributed by atoms with Crippen molar-refractivity contribution < 1.29 is 14.3 Å². The lowest BCUT2D eigenvalue weighted by atomic mass is 10.0. The summed E-state index contributed by atoms with van der Waals surface area (Å²) in [5.41, 5.74) is 3.75. The molecule has 0 bridgehead atoms. The maximum atomic E-state index is 13.2. The van der Waals surface area contributed by atoms with E-state index in [0.29, 0.717) is 38.8 Å². The Labute approximate surface area is 230 Å². The van der Waals surface area contributed by atoms with Crippen LogP contribution in [-0.2, 0) is 22.5 Å². The standard InChI is InChI=1S/C30H26Cl2N2O4/c1-19-7-6-10-25(32)27(19)28(35)33-26(30(37)38-2)15-20-11-13-22(14-12-20)24-16-23(31)18-34(29(24)36)17-21-8-4-3-5-9-21/h3-14,16,18,26H,15,17H2,1-2H3,(H,33,35)/t26-/m0/s1. The SMILES string of the molecule is COC(=O)[C@H](Cc1ccc(-c2cc(Cl)cn(Cc3ccccc3)c2=O)cc1)NC(=O)c1c(C)cccc1Cl. The molecule has 0 spiro atoms. The molecule has 1 amide bonds. The van der Waals surface area contributed by atoms with Crippen molar-refractivity contribution in [2.75, 3.05) is 7.11 Å². The summed E-state index contributed by atoms with van der Waals surface area (Å²) in [6, 6.07) is 22.7. The zero-order valence-electron chi connectivity index (χ0n) is 20.9. The van der Waals surface area contributed by atoms with Crippen LogP contribution >= 0.6 is 23.2 Å². The van der Waals surface area contributed by atoms with E-state index in [9.17, 15) is 14.4 Å². The third-order valence-electron chi connectivity index (χ3n) is 6.19. The molecule has 8 heteroatoms. The third-order valence-corrected chi connectivity index (χ3v) is 6.71. The number of benzene rings is 3. The number of ether oxygens (including phenoxy) is 1. The van der Waals surface area contributed by atoms with Crippen LogP contribution in [-0.4, -0.2) is 29.6 Å². The maximum Gasteiger partial charge on any atom is 0.328 e. The molecule has 1 aromatic heterocycles. The van der Waals surface area contributed by atoms with Gasteiger partial charge in [-0.2, -0.15) is 0 Å². The summed E-state index contributed by atoms with van der Waals surface area (Å²) < 4.78 is 6.50. The number of carbonyl (C=O) groups excluding carboxylic acids is 2. The van der Waals surface area contributed by atoms with Gasteiger partial charge in [-0.25, -0.2) is 4.79 Å². The average Bonchev–Trinajstić information content (AvgIpc) is 2.90. The van der Waals surface area contributed by atoms with Crippen molar-refractivity contribution in [1.82, 2.24) is 9.88 Å². The van der Waals surface area contributed by atoms with E-state index in [1.807, 2.05) is 30.3 Å². The molecule has 0 radical (unpaired) electrons. The van der Waals surface area contributed by atoms with Crippen molar-refractivity contribution >= 4 is 35.1 Å². The second-order valence-corrected chi connectivity index (χ2v) is 9.72. The number of hydrogen-bond donors (Lipinski definition) is 1. The van der Waals surface area contributed by atoms with Crippen molar-refractivity contribution in [2.45, 2.75) is 25.9 Å². The molecule has 0 saturated heterocycles. The van der Waals surface area contributed by atoms with Crippen molar-refractivity contribution in [3.8, 4) is 11.1 Å². The number of aromatic nitrogens is 1. The first-order valence-corrected chi connectivity index (χ1v) is 12.7. The summed E-state index contributed by atoms with van der Waals surface area (Å²) in [6.07, 6.45) is 1.81. The van der Waals surface area contributed by atoms with Crippen LogP contribution in [0.25, 0.3) is 11.1 Å². The van der Waals surface area contributed by atoms with Gasteiger partial charge in [0.2, 0.25) is 0 Å².